The molecule has 2 heterocycles. The van der Waals surface area contributed by atoms with E-state index in [-0.39, 0.29) is 22.6 Å². The highest BCUT2D eigenvalue weighted by molar-refractivity contribution is 6.51. The van der Waals surface area contributed by atoms with Gasteiger partial charge in [-0.3, -0.25) is 19.5 Å². The Morgan fingerprint density at radius 2 is 1.94 bits per heavy atom. The van der Waals surface area contributed by atoms with E-state index < -0.39 is 23.5 Å². The van der Waals surface area contributed by atoms with Crippen LogP contribution in [0.2, 0.25) is 5.02 Å². The molecular weight excluding hydrogens is 444 g/mol. The number of aliphatic hydroxyl groups is 1. The number of ketones is 1. The van der Waals surface area contributed by atoms with Crippen molar-refractivity contribution in [1.29, 1.82) is 0 Å². The van der Waals surface area contributed by atoms with Gasteiger partial charge in [0.2, 0.25) is 0 Å². The monoisotopic (exact) mass is 464 g/mol. The van der Waals surface area contributed by atoms with Gasteiger partial charge in [0.05, 0.1) is 28.6 Å². The third-order valence-corrected chi connectivity index (χ3v) is 5.62. The Morgan fingerprint density at radius 1 is 1.15 bits per heavy atom. The summed E-state index contributed by atoms with van der Waals surface area (Å²) < 4.78 is 5.50. The normalized spacial score (nSPS) is 17.4. The molecule has 0 aliphatic carbocycles. The number of phenolic OH excluding ortho intramolecular Hbond substituents is 1. The average molecular weight is 465 g/mol. The van der Waals surface area contributed by atoms with Crippen molar-refractivity contribution in [3.8, 4) is 11.5 Å². The zero-order valence-electron chi connectivity index (χ0n) is 17.9. The molecule has 1 fully saturated rings. The minimum atomic E-state index is -1.05. The zero-order chi connectivity index (χ0) is 23.7. The predicted molar refractivity (Wildman–Crippen MR) is 124 cm³/mol. The number of ether oxygens (including phenoxy) is 1. The van der Waals surface area contributed by atoms with Crippen LogP contribution in [0.3, 0.4) is 0 Å². The number of carbonyl (C=O) groups excluding carboxylic acids is 2. The minimum absolute atomic E-state index is 0.149. The molecule has 1 unspecified atom stereocenters. The smallest absolute Gasteiger partial charge is 0.300 e. The first-order valence-corrected chi connectivity index (χ1v) is 10.7. The van der Waals surface area contributed by atoms with Gasteiger partial charge in [-0.2, -0.15) is 0 Å². The van der Waals surface area contributed by atoms with Crippen molar-refractivity contribution in [3.05, 3.63) is 88.2 Å². The number of halogens is 1. The molecule has 1 aliphatic heterocycles. The summed E-state index contributed by atoms with van der Waals surface area (Å²) in [5, 5.41) is 22.0. The topological polar surface area (TPSA) is 100.0 Å². The predicted octanol–water partition coefficient (Wildman–Crippen LogP) is 4.77. The summed E-state index contributed by atoms with van der Waals surface area (Å²) in [6, 6.07) is 13.3. The summed E-state index contributed by atoms with van der Waals surface area (Å²) in [6.45, 7) is 3.96. The van der Waals surface area contributed by atoms with Crippen LogP contribution in [-0.2, 0) is 9.59 Å². The van der Waals surface area contributed by atoms with E-state index in [4.69, 9.17) is 16.3 Å². The Kier molecular flexibility index (Phi) is 6.07. The van der Waals surface area contributed by atoms with Crippen LogP contribution in [0.4, 0.5) is 5.69 Å². The zero-order valence-corrected chi connectivity index (χ0v) is 18.7. The SMILES string of the molecule is CCOc1cc(/C(O)=C2/C(=O)C(=O)N(c3cc(C)ccc3O)C2c2ccccn2)ccc1Cl. The number of carbonyl (C=O) groups is 2. The lowest BCUT2D eigenvalue weighted by Crippen LogP contribution is -2.30. The quantitative estimate of drug-likeness (QED) is 0.320. The van der Waals surface area contributed by atoms with Crippen LogP contribution in [0.5, 0.6) is 11.5 Å². The number of phenols is 1. The Morgan fingerprint density at radius 3 is 2.64 bits per heavy atom. The third-order valence-electron chi connectivity index (χ3n) is 5.31. The van der Waals surface area contributed by atoms with E-state index in [1.54, 1.807) is 50.2 Å². The van der Waals surface area contributed by atoms with E-state index >= 15 is 0 Å². The highest BCUT2D eigenvalue weighted by Gasteiger charge is 2.48. The average Bonchev–Trinajstić information content (AvgIpc) is 3.07. The van der Waals surface area contributed by atoms with Crippen LogP contribution >= 0.6 is 11.6 Å². The van der Waals surface area contributed by atoms with E-state index in [9.17, 15) is 19.8 Å². The van der Waals surface area contributed by atoms with Gasteiger partial charge in [0.25, 0.3) is 11.7 Å². The minimum Gasteiger partial charge on any atom is -0.507 e. The standard InChI is InChI=1S/C25H21ClN2O5/c1-3-33-20-13-15(8-9-16(20)26)23(30)21-22(17-6-4-5-11-27-17)28(25(32)24(21)31)18-12-14(2)7-10-19(18)29/h4-13,22,29-30H,3H2,1-2H3/b23-21-. The van der Waals surface area contributed by atoms with E-state index in [2.05, 4.69) is 4.98 Å². The van der Waals surface area contributed by atoms with Crippen molar-refractivity contribution in [1.82, 2.24) is 4.98 Å². The van der Waals surface area contributed by atoms with E-state index in [0.717, 1.165) is 10.5 Å². The summed E-state index contributed by atoms with van der Waals surface area (Å²) in [6.07, 6.45) is 1.53. The first-order valence-electron chi connectivity index (χ1n) is 10.3. The number of aromatic nitrogens is 1. The Balaban J connectivity index is 1.95. The summed E-state index contributed by atoms with van der Waals surface area (Å²) in [7, 11) is 0. The van der Waals surface area contributed by atoms with Gasteiger partial charge in [-0.05, 0) is 61.9 Å². The number of benzene rings is 2. The second kappa shape index (κ2) is 8.96. The Labute approximate surface area is 195 Å². The first kappa shape index (κ1) is 22.4. The number of aromatic hydroxyl groups is 1. The molecule has 1 saturated heterocycles. The molecule has 1 aliphatic rings. The van der Waals surface area contributed by atoms with Gasteiger partial charge < -0.3 is 14.9 Å². The maximum absolute atomic E-state index is 13.2. The second-order valence-electron chi connectivity index (χ2n) is 7.49. The molecule has 0 spiro atoms. The van der Waals surface area contributed by atoms with Gasteiger partial charge in [-0.1, -0.05) is 23.7 Å². The lowest BCUT2D eigenvalue weighted by atomic mass is 9.98. The molecule has 0 saturated carbocycles. The van der Waals surface area contributed by atoms with Crippen molar-refractivity contribution in [2.45, 2.75) is 19.9 Å². The second-order valence-corrected chi connectivity index (χ2v) is 7.90. The molecule has 2 N–H and O–H groups in total. The molecule has 33 heavy (non-hydrogen) atoms. The molecule has 8 heteroatoms. The van der Waals surface area contributed by atoms with Crippen LogP contribution in [0.1, 0.15) is 29.8 Å². The fourth-order valence-corrected chi connectivity index (χ4v) is 3.97. The maximum Gasteiger partial charge on any atom is 0.300 e. The molecule has 4 rings (SSSR count). The number of nitrogens with zero attached hydrogens (tertiary/aromatic N) is 2. The lowest BCUT2D eigenvalue weighted by molar-refractivity contribution is -0.132. The third kappa shape index (κ3) is 4.03. The van der Waals surface area contributed by atoms with Crippen LogP contribution in [-0.4, -0.2) is 33.5 Å². The van der Waals surface area contributed by atoms with Gasteiger partial charge in [0.15, 0.2) is 0 Å². The fraction of sp³-hybridized carbons (Fsp3) is 0.160. The molecule has 1 amide bonds. The molecule has 168 valence electrons. The molecular formula is C25H21ClN2O5. The van der Waals surface area contributed by atoms with Crippen molar-refractivity contribution in [2.75, 3.05) is 11.5 Å². The first-order chi connectivity index (χ1) is 15.8. The van der Waals surface area contributed by atoms with Crippen LogP contribution in [0.15, 0.2) is 66.4 Å². The summed E-state index contributed by atoms with van der Waals surface area (Å²) >= 11 is 6.16. The number of Topliss-reactive ketones (excluding diaryl/α,β-unsaturated/α-hetero) is 1. The number of rotatable bonds is 5. The van der Waals surface area contributed by atoms with E-state index in [0.29, 0.717) is 23.1 Å². The number of pyridine rings is 1. The van der Waals surface area contributed by atoms with Crippen LogP contribution < -0.4 is 9.64 Å². The fourth-order valence-electron chi connectivity index (χ4n) is 3.80. The van der Waals surface area contributed by atoms with Crippen molar-refractivity contribution >= 4 is 34.7 Å². The lowest BCUT2D eigenvalue weighted by Gasteiger charge is -2.25. The number of aryl methyl sites for hydroxylation is 1. The van der Waals surface area contributed by atoms with Gasteiger partial charge in [-0.15, -0.1) is 0 Å². The van der Waals surface area contributed by atoms with Crippen molar-refractivity contribution in [2.24, 2.45) is 0 Å². The Bertz CT molecular complexity index is 1270. The summed E-state index contributed by atoms with van der Waals surface area (Å²) in [4.78, 5) is 31.8. The maximum atomic E-state index is 13.2. The molecule has 0 radical (unpaired) electrons. The number of amides is 1. The van der Waals surface area contributed by atoms with Crippen LogP contribution in [0, 0.1) is 6.92 Å². The highest BCUT2D eigenvalue weighted by Crippen LogP contribution is 2.44. The van der Waals surface area contributed by atoms with E-state index in [1.165, 1.54) is 24.4 Å². The molecule has 1 aromatic heterocycles. The molecule has 3 aromatic rings. The van der Waals surface area contributed by atoms with Crippen molar-refractivity contribution < 1.29 is 24.5 Å². The largest absolute Gasteiger partial charge is 0.507 e. The van der Waals surface area contributed by atoms with Gasteiger partial charge in [0.1, 0.15) is 23.3 Å². The Hall–Kier alpha value is -3.84. The van der Waals surface area contributed by atoms with Gasteiger partial charge in [-0.25, -0.2) is 0 Å². The molecule has 1 atom stereocenters. The number of hydrogen-bond donors (Lipinski definition) is 2. The summed E-state index contributed by atoms with van der Waals surface area (Å²) in [5.74, 6) is -2.00. The molecule has 7 nitrogen and oxygen atoms in total. The van der Waals surface area contributed by atoms with Crippen molar-refractivity contribution in [3.63, 3.8) is 0 Å². The molecule has 2 aromatic carbocycles. The highest BCUT2D eigenvalue weighted by atomic mass is 35.5. The van der Waals surface area contributed by atoms with E-state index in [1.807, 2.05) is 0 Å². The number of aliphatic hydroxyl groups excluding tert-OH is 1. The van der Waals surface area contributed by atoms with Gasteiger partial charge >= 0.3 is 0 Å². The van der Waals surface area contributed by atoms with Gasteiger partial charge in [0, 0.05) is 11.8 Å². The summed E-state index contributed by atoms with van der Waals surface area (Å²) in [5.41, 5.74) is 1.40. The number of hydrogen-bond acceptors (Lipinski definition) is 6. The molecule has 0 bridgehead atoms. The number of anilines is 1. The van der Waals surface area contributed by atoms with Crippen LogP contribution in [0.25, 0.3) is 5.76 Å².